The van der Waals surface area contributed by atoms with Crippen LogP contribution in [0.4, 0.5) is 0 Å². The summed E-state index contributed by atoms with van der Waals surface area (Å²) in [7, 11) is -0.674. The molecule has 9 aromatic rings. The fourth-order valence-corrected chi connectivity index (χ4v) is 11.0. The Morgan fingerprint density at radius 1 is 0.333 bits per heavy atom. The quantitative estimate of drug-likeness (QED) is 0.171. The molecule has 51 heavy (non-hydrogen) atoms. The average Bonchev–Trinajstić information content (AvgIpc) is 3.54. The van der Waals surface area contributed by atoms with Crippen LogP contribution >= 0.6 is 7.53 Å². The van der Waals surface area contributed by atoms with Crippen LogP contribution in [0.2, 0.25) is 0 Å². The molecule has 1 aliphatic rings. The molecule has 1 atom stereocenters. The SMILES string of the molecule is c1ccc(-c2cc3c(cc2-c2ccc4c(c2)c2cc(-c5cc6ccccc6cc5-c5ccccc5)ccc2p4-c2ccccc2)CCCC3)cc1. The van der Waals surface area contributed by atoms with Crippen LogP contribution in [0, 0.1) is 0 Å². The van der Waals surface area contributed by atoms with Crippen molar-refractivity contribution >= 4 is 39.3 Å². The van der Waals surface area contributed by atoms with Crippen molar-refractivity contribution in [2.45, 2.75) is 25.7 Å². The summed E-state index contributed by atoms with van der Waals surface area (Å²) in [5.41, 5.74) is 13.4. The van der Waals surface area contributed by atoms with E-state index in [-0.39, 0.29) is 0 Å². The molecule has 10 rings (SSSR count). The lowest BCUT2D eigenvalue weighted by atomic mass is 9.84. The number of fused-ring (bicyclic) bond motifs is 5. The van der Waals surface area contributed by atoms with Gasteiger partial charge in [0.05, 0.1) is 0 Å². The Morgan fingerprint density at radius 3 is 1.25 bits per heavy atom. The molecule has 0 fully saturated rings. The second-order valence-corrected chi connectivity index (χ2v) is 16.1. The molecule has 0 aliphatic heterocycles. The normalized spacial score (nSPS) is 13.1. The predicted octanol–water partition coefficient (Wildman–Crippen LogP) is 14.7. The van der Waals surface area contributed by atoms with Crippen LogP contribution in [0.3, 0.4) is 0 Å². The summed E-state index contributed by atoms with van der Waals surface area (Å²) in [5.74, 6) is 0. The van der Waals surface area contributed by atoms with Crippen molar-refractivity contribution in [3.63, 3.8) is 0 Å². The van der Waals surface area contributed by atoms with E-state index in [1.165, 1.54) is 118 Å². The summed E-state index contributed by atoms with van der Waals surface area (Å²) in [5, 5.41) is 9.58. The largest absolute Gasteiger partial charge is 0.0772 e. The first-order valence-corrected chi connectivity index (χ1v) is 19.6. The van der Waals surface area contributed by atoms with Gasteiger partial charge in [0.2, 0.25) is 0 Å². The zero-order valence-electron chi connectivity index (χ0n) is 28.5. The van der Waals surface area contributed by atoms with Crippen LogP contribution in [0.5, 0.6) is 0 Å². The summed E-state index contributed by atoms with van der Waals surface area (Å²) >= 11 is 0. The van der Waals surface area contributed by atoms with Gasteiger partial charge >= 0.3 is 0 Å². The maximum Gasteiger partial charge on any atom is 0.00687 e. The first-order chi connectivity index (χ1) is 25.3. The van der Waals surface area contributed by atoms with Gasteiger partial charge in [-0.25, -0.2) is 0 Å². The van der Waals surface area contributed by atoms with E-state index in [1.54, 1.807) is 0 Å². The molecule has 1 aromatic heterocycles. The van der Waals surface area contributed by atoms with E-state index in [9.17, 15) is 0 Å². The molecule has 0 nitrogen and oxygen atoms in total. The van der Waals surface area contributed by atoms with Gasteiger partial charge in [0.25, 0.3) is 0 Å². The first kappa shape index (κ1) is 30.2. The predicted molar refractivity (Wildman–Crippen MR) is 221 cm³/mol. The Balaban J connectivity index is 1.24. The maximum atomic E-state index is 2.52. The minimum absolute atomic E-state index is 0.674. The minimum atomic E-state index is -0.674. The molecule has 1 aliphatic carbocycles. The highest BCUT2D eigenvalue weighted by Gasteiger charge is 2.20. The summed E-state index contributed by atoms with van der Waals surface area (Å²) in [6.45, 7) is 0. The van der Waals surface area contributed by atoms with Crippen molar-refractivity contribution in [2.75, 3.05) is 0 Å². The zero-order valence-corrected chi connectivity index (χ0v) is 29.4. The summed E-state index contributed by atoms with van der Waals surface area (Å²) in [6, 6.07) is 66.2. The highest BCUT2D eigenvalue weighted by molar-refractivity contribution is 7.67. The third-order valence-electron chi connectivity index (χ3n) is 10.9. The first-order valence-electron chi connectivity index (χ1n) is 18.2. The zero-order chi connectivity index (χ0) is 33.7. The molecule has 0 saturated carbocycles. The molecule has 0 radical (unpaired) electrons. The number of hydrogen-bond acceptors (Lipinski definition) is 0. The molecule has 0 spiro atoms. The smallest absolute Gasteiger partial charge is 0.00687 e. The molecule has 8 aromatic carbocycles. The Morgan fingerprint density at radius 2 is 0.745 bits per heavy atom. The molecule has 1 unspecified atom stereocenters. The molecule has 1 heteroatoms. The van der Waals surface area contributed by atoms with Crippen molar-refractivity contribution in [1.82, 2.24) is 0 Å². The van der Waals surface area contributed by atoms with Crippen molar-refractivity contribution in [3.05, 3.63) is 187 Å². The van der Waals surface area contributed by atoms with Crippen LogP contribution in [0.1, 0.15) is 24.0 Å². The number of benzene rings is 8. The van der Waals surface area contributed by atoms with E-state index in [0.29, 0.717) is 0 Å². The van der Waals surface area contributed by atoms with E-state index in [0.717, 1.165) is 0 Å². The maximum absolute atomic E-state index is 2.52. The second kappa shape index (κ2) is 12.6. The molecule has 0 saturated heterocycles. The van der Waals surface area contributed by atoms with Crippen molar-refractivity contribution in [1.29, 1.82) is 0 Å². The highest BCUT2D eigenvalue weighted by Crippen LogP contribution is 2.56. The van der Waals surface area contributed by atoms with Crippen LogP contribution < -0.4 is 0 Å². The molecular formula is C50H37P. The lowest BCUT2D eigenvalue weighted by Crippen LogP contribution is -2.03. The standard InChI is InChI=1S/C50H37P/c1-4-14-34(15-5-1)43-28-36-18-10-12-20-38(36)30-45(43)40-24-26-49-47(32-40)48-33-41(25-27-50(48)51(49)42-22-8-3-9-23-42)46-31-39-21-13-11-19-37(39)29-44(46)35-16-6-2-7-17-35/h1-10,12,14-18,20,22-33H,11,13,19,21H2. The fraction of sp³-hybridized carbons (Fsp3) is 0.0800. The molecule has 1 heterocycles. The van der Waals surface area contributed by atoms with Gasteiger partial charge in [-0.15, -0.1) is 0 Å². The van der Waals surface area contributed by atoms with Gasteiger partial charge in [-0.3, -0.25) is 0 Å². The Bertz CT molecular complexity index is 2720. The van der Waals surface area contributed by atoms with Crippen LogP contribution in [0.25, 0.3) is 81.6 Å². The minimum Gasteiger partial charge on any atom is -0.0772 e. The van der Waals surface area contributed by atoms with Gasteiger partial charge in [-0.05, 0) is 145 Å². The number of rotatable bonds is 5. The van der Waals surface area contributed by atoms with Gasteiger partial charge < -0.3 is 0 Å². The van der Waals surface area contributed by atoms with E-state index in [1.807, 2.05) is 0 Å². The fourth-order valence-electron chi connectivity index (χ4n) is 8.43. The molecule has 0 amide bonds. The van der Waals surface area contributed by atoms with Crippen LogP contribution in [-0.4, -0.2) is 0 Å². The summed E-state index contributed by atoms with van der Waals surface area (Å²) in [6.07, 6.45) is 4.91. The van der Waals surface area contributed by atoms with E-state index in [2.05, 4.69) is 176 Å². The lowest BCUT2D eigenvalue weighted by molar-refractivity contribution is 0.686. The molecule has 242 valence electrons. The summed E-state index contributed by atoms with van der Waals surface area (Å²) < 4.78 is 0. The van der Waals surface area contributed by atoms with Crippen molar-refractivity contribution < 1.29 is 0 Å². The Hall–Kier alpha value is -5.68. The summed E-state index contributed by atoms with van der Waals surface area (Å²) in [4.78, 5) is 0. The third-order valence-corrected chi connectivity index (χ3v) is 13.5. The highest BCUT2D eigenvalue weighted by atomic mass is 31.1. The van der Waals surface area contributed by atoms with Gasteiger partial charge in [-0.2, -0.15) is 0 Å². The Labute approximate surface area is 300 Å². The van der Waals surface area contributed by atoms with Crippen LogP contribution in [-0.2, 0) is 12.8 Å². The topological polar surface area (TPSA) is 0 Å². The monoisotopic (exact) mass is 668 g/mol. The Kier molecular flexibility index (Phi) is 7.44. The van der Waals surface area contributed by atoms with Gasteiger partial charge in [-0.1, -0.05) is 147 Å². The lowest BCUT2D eigenvalue weighted by Gasteiger charge is -2.20. The van der Waals surface area contributed by atoms with Crippen molar-refractivity contribution in [3.8, 4) is 49.8 Å². The average molecular weight is 669 g/mol. The molecule has 0 N–H and O–H groups in total. The third kappa shape index (κ3) is 5.31. The second-order valence-electron chi connectivity index (χ2n) is 14.0. The molecule has 0 bridgehead atoms. The van der Waals surface area contributed by atoms with E-state index in [4.69, 9.17) is 0 Å². The number of hydrogen-bond donors (Lipinski definition) is 0. The molecular weight excluding hydrogens is 632 g/mol. The van der Waals surface area contributed by atoms with Gasteiger partial charge in [0.1, 0.15) is 0 Å². The van der Waals surface area contributed by atoms with Gasteiger partial charge in [0, 0.05) is 10.2 Å². The van der Waals surface area contributed by atoms with Gasteiger partial charge in [0.15, 0.2) is 0 Å². The van der Waals surface area contributed by atoms with Crippen LogP contribution in [0.15, 0.2) is 176 Å². The van der Waals surface area contributed by atoms with E-state index < -0.39 is 7.53 Å². The van der Waals surface area contributed by atoms with Crippen molar-refractivity contribution in [2.24, 2.45) is 0 Å². The number of aryl methyl sites for hydroxylation is 2. The van der Waals surface area contributed by atoms with E-state index >= 15 is 0 Å².